The van der Waals surface area contributed by atoms with Gasteiger partial charge in [0.2, 0.25) is 5.82 Å². The molecule has 16 heavy (non-hydrogen) atoms. The van der Waals surface area contributed by atoms with Crippen LogP contribution in [0.4, 0.5) is 0 Å². The van der Waals surface area contributed by atoms with E-state index in [2.05, 4.69) is 20.6 Å². The van der Waals surface area contributed by atoms with E-state index in [1.807, 2.05) is 24.3 Å². The minimum absolute atomic E-state index is 0.0214. The molecule has 0 fully saturated rings. The Balaban J connectivity index is 2.20. The Morgan fingerprint density at radius 2 is 2.31 bits per heavy atom. The molecule has 84 valence electrons. The van der Waals surface area contributed by atoms with Crippen molar-refractivity contribution in [1.29, 1.82) is 0 Å². The third-order valence-electron chi connectivity index (χ3n) is 2.26. The number of benzene rings is 1. The average molecular weight is 219 g/mol. The molecule has 1 aromatic heterocycles. The smallest absolute Gasteiger partial charge is 0.204 e. The van der Waals surface area contributed by atoms with E-state index in [-0.39, 0.29) is 12.6 Å². The average Bonchev–Trinajstić information content (AvgIpc) is 2.83. The maximum absolute atomic E-state index is 8.88. The van der Waals surface area contributed by atoms with Crippen LogP contribution < -0.4 is 5.73 Å². The van der Waals surface area contributed by atoms with Gasteiger partial charge in [-0.1, -0.05) is 18.2 Å². The number of aliphatic hydroxyl groups is 1. The summed E-state index contributed by atoms with van der Waals surface area (Å²) in [5.41, 5.74) is 7.60. The lowest BCUT2D eigenvalue weighted by Gasteiger charge is -2.08. The highest BCUT2D eigenvalue weighted by Gasteiger charge is 2.06. The van der Waals surface area contributed by atoms with Gasteiger partial charge in [0.1, 0.15) is 0 Å². The van der Waals surface area contributed by atoms with Crippen molar-refractivity contribution in [2.75, 3.05) is 6.61 Å². The van der Waals surface area contributed by atoms with E-state index >= 15 is 0 Å². The number of aromatic amines is 1. The van der Waals surface area contributed by atoms with Crippen LogP contribution in [0.2, 0.25) is 0 Å². The van der Waals surface area contributed by atoms with E-state index in [0.717, 1.165) is 11.1 Å². The Morgan fingerprint density at radius 3 is 3.00 bits per heavy atom. The zero-order chi connectivity index (χ0) is 11.4. The molecule has 0 saturated heterocycles. The third kappa shape index (κ3) is 2.41. The predicted octanol–water partition coefficient (Wildman–Crippen LogP) is -0.271. The number of nitrogens with zero attached hydrogens (tertiary/aromatic N) is 3. The second-order valence-electron chi connectivity index (χ2n) is 3.58. The Morgan fingerprint density at radius 1 is 1.44 bits per heavy atom. The number of nitrogens with two attached hydrogens (primary N) is 1. The fraction of sp³-hybridized carbons (Fsp3) is 0.300. The molecule has 4 N–H and O–H groups in total. The Kier molecular flexibility index (Phi) is 3.23. The number of rotatable bonds is 4. The summed E-state index contributed by atoms with van der Waals surface area (Å²) in [6.07, 6.45) is 0.627. The van der Waals surface area contributed by atoms with E-state index in [9.17, 15) is 0 Å². The second kappa shape index (κ2) is 4.82. The first-order chi connectivity index (χ1) is 7.79. The van der Waals surface area contributed by atoms with Gasteiger partial charge in [-0.15, -0.1) is 10.2 Å². The van der Waals surface area contributed by atoms with Crippen molar-refractivity contribution in [2.24, 2.45) is 5.73 Å². The lowest BCUT2D eigenvalue weighted by atomic mass is 10.0. The second-order valence-corrected chi connectivity index (χ2v) is 3.58. The van der Waals surface area contributed by atoms with Crippen LogP contribution >= 0.6 is 0 Å². The number of hydrogen-bond acceptors (Lipinski definition) is 5. The monoisotopic (exact) mass is 219 g/mol. The van der Waals surface area contributed by atoms with Crippen molar-refractivity contribution in [1.82, 2.24) is 20.6 Å². The summed E-state index contributed by atoms with van der Waals surface area (Å²) < 4.78 is 0. The van der Waals surface area contributed by atoms with Gasteiger partial charge >= 0.3 is 0 Å². The highest BCUT2D eigenvalue weighted by atomic mass is 16.3. The van der Waals surface area contributed by atoms with Gasteiger partial charge in [0.25, 0.3) is 0 Å². The number of H-pyrrole nitrogens is 1. The zero-order valence-electron chi connectivity index (χ0n) is 8.67. The van der Waals surface area contributed by atoms with Crippen LogP contribution in [0.3, 0.4) is 0 Å². The van der Waals surface area contributed by atoms with Crippen LogP contribution in [-0.4, -0.2) is 38.4 Å². The van der Waals surface area contributed by atoms with Gasteiger partial charge < -0.3 is 10.8 Å². The van der Waals surface area contributed by atoms with Crippen molar-refractivity contribution in [2.45, 2.75) is 12.5 Å². The molecule has 0 bridgehead atoms. The molecule has 0 aliphatic rings. The lowest BCUT2D eigenvalue weighted by Crippen LogP contribution is -2.26. The molecule has 0 spiro atoms. The maximum atomic E-state index is 8.88. The van der Waals surface area contributed by atoms with Gasteiger partial charge in [0.05, 0.1) is 6.61 Å². The van der Waals surface area contributed by atoms with Crippen LogP contribution in [0.1, 0.15) is 5.56 Å². The van der Waals surface area contributed by atoms with Gasteiger partial charge in [-0.2, -0.15) is 5.21 Å². The van der Waals surface area contributed by atoms with Crippen LogP contribution in [-0.2, 0) is 6.42 Å². The molecule has 6 heteroatoms. The summed E-state index contributed by atoms with van der Waals surface area (Å²) in [7, 11) is 0. The number of aliphatic hydroxyl groups excluding tert-OH is 1. The number of aromatic nitrogens is 4. The highest BCUT2D eigenvalue weighted by molar-refractivity contribution is 5.54. The van der Waals surface area contributed by atoms with Gasteiger partial charge in [0, 0.05) is 11.6 Å². The van der Waals surface area contributed by atoms with Crippen LogP contribution in [0.15, 0.2) is 24.3 Å². The Bertz CT molecular complexity index is 442. The standard InChI is InChI=1S/C10H13N5O/c11-9(6-16)5-7-2-1-3-8(4-7)10-12-14-15-13-10/h1-4,9,16H,5-6,11H2,(H,12,13,14,15). The lowest BCUT2D eigenvalue weighted by molar-refractivity contribution is 0.265. The van der Waals surface area contributed by atoms with E-state index in [1.54, 1.807) is 0 Å². The maximum Gasteiger partial charge on any atom is 0.204 e. The van der Waals surface area contributed by atoms with E-state index in [4.69, 9.17) is 10.8 Å². The molecule has 0 radical (unpaired) electrons. The molecule has 1 heterocycles. The first-order valence-corrected chi connectivity index (χ1v) is 4.99. The van der Waals surface area contributed by atoms with Gasteiger partial charge in [0.15, 0.2) is 0 Å². The molecular weight excluding hydrogens is 206 g/mol. The van der Waals surface area contributed by atoms with Crippen molar-refractivity contribution < 1.29 is 5.11 Å². The molecule has 1 aromatic carbocycles. The molecule has 0 aliphatic carbocycles. The van der Waals surface area contributed by atoms with Crippen molar-refractivity contribution >= 4 is 0 Å². The van der Waals surface area contributed by atoms with Crippen LogP contribution in [0.25, 0.3) is 11.4 Å². The summed E-state index contributed by atoms with van der Waals surface area (Å²) in [6, 6.07) is 7.48. The minimum atomic E-state index is -0.236. The number of nitrogens with one attached hydrogen (secondary N) is 1. The van der Waals surface area contributed by atoms with Crippen LogP contribution in [0, 0.1) is 0 Å². The highest BCUT2D eigenvalue weighted by Crippen LogP contribution is 2.15. The van der Waals surface area contributed by atoms with Crippen LogP contribution in [0.5, 0.6) is 0 Å². The molecule has 0 aliphatic heterocycles. The van der Waals surface area contributed by atoms with E-state index in [1.165, 1.54) is 0 Å². The predicted molar refractivity (Wildman–Crippen MR) is 58.4 cm³/mol. The molecule has 0 amide bonds. The fourth-order valence-electron chi connectivity index (χ4n) is 1.49. The summed E-state index contributed by atoms with van der Waals surface area (Å²) in [4.78, 5) is 0. The molecule has 0 saturated carbocycles. The van der Waals surface area contributed by atoms with Gasteiger partial charge in [-0.3, -0.25) is 0 Å². The van der Waals surface area contributed by atoms with Crippen molar-refractivity contribution in [3.8, 4) is 11.4 Å². The topological polar surface area (TPSA) is 101 Å². The van der Waals surface area contributed by atoms with Crippen molar-refractivity contribution in [3.63, 3.8) is 0 Å². The quantitative estimate of drug-likeness (QED) is 0.657. The molecule has 2 rings (SSSR count). The molecule has 1 atom stereocenters. The summed E-state index contributed by atoms with van der Waals surface area (Å²) >= 11 is 0. The number of hydrogen-bond donors (Lipinski definition) is 3. The molecule has 6 nitrogen and oxygen atoms in total. The van der Waals surface area contributed by atoms with Crippen molar-refractivity contribution in [3.05, 3.63) is 29.8 Å². The summed E-state index contributed by atoms with van der Waals surface area (Å²) in [6.45, 7) is -0.0214. The third-order valence-corrected chi connectivity index (χ3v) is 2.26. The van der Waals surface area contributed by atoms with E-state index in [0.29, 0.717) is 12.2 Å². The normalized spacial score (nSPS) is 12.6. The van der Waals surface area contributed by atoms with Gasteiger partial charge in [-0.25, -0.2) is 0 Å². The van der Waals surface area contributed by atoms with E-state index < -0.39 is 0 Å². The zero-order valence-corrected chi connectivity index (χ0v) is 8.67. The number of tetrazole rings is 1. The summed E-state index contributed by atoms with van der Waals surface area (Å²) in [5.74, 6) is 0.555. The molecule has 1 unspecified atom stereocenters. The Hall–Kier alpha value is -1.79. The fourth-order valence-corrected chi connectivity index (χ4v) is 1.49. The minimum Gasteiger partial charge on any atom is -0.395 e. The molecule has 2 aromatic rings. The SMILES string of the molecule is NC(CO)Cc1cccc(-c2nn[nH]n2)c1. The molecular formula is C10H13N5O. The largest absolute Gasteiger partial charge is 0.395 e. The first kappa shape index (κ1) is 10.7. The first-order valence-electron chi connectivity index (χ1n) is 4.99. The Labute approximate surface area is 92.5 Å². The summed E-state index contributed by atoms with van der Waals surface area (Å²) in [5, 5.41) is 22.6. The van der Waals surface area contributed by atoms with Gasteiger partial charge in [-0.05, 0) is 23.3 Å².